The van der Waals surface area contributed by atoms with Crippen LogP contribution in [0.25, 0.3) is 0 Å². The minimum absolute atomic E-state index is 0.0504. The third kappa shape index (κ3) is 4.48. The molecule has 0 atom stereocenters. The van der Waals surface area contributed by atoms with Crippen molar-refractivity contribution in [1.29, 1.82) is 0 Å². The van der Waals surface area contributed by atoms with Gasteiger partial charge in [-0.3, -0.25) is 4.79 Å². The average molecular weight is 289 g/mol. The van der Waals surface area contributed by atoms with E-state index in [-0.39, 0.29) is 18.6 Å². The lowest BCUT2D eigenvalue weighted by Crippen LogP contribution is -2.46. The maximum absolute atomic E-state index is 11.9. The summed E-state index contributed by atoms with van der Waals surface area (Å²) >= 11 is 0. The number of nitrogens with one attached hydrogen (secondary N) is 1. The van der Waals surface area contributed by atoms with Crippen molar-refractivity contribution in [3.05, 3.63) is 35.9 Å². The van der Waals surface area contributed by atoms with E-state index in [0.717, 1.165) is 25.7 Å². The van der Waals surface area contributed by atoms with Crippen LogP contribution in [0.1, 0.15) is 37.2 Å². The average Bonchev–Trinajstić information content (AvgIpc) is 2.48. The summed E-state index contributed by atoms with van der Waals surface area (Å²) in [5, 5.41) is 2.98. The molecule has 2 rings (SSSR count). The van der Waals surface area contributed by atoms with Crippen molar-refractivity contribution in [3.8, 4) is 0 Å². The van der Waals surface area contributed by atoms with Crippen molar-refractivity contribution < 1.29 is 9.59 Å². The fourth-order valence-corrected chi connectivity index (χ4v) is 2.89. The Hall–Kier alpha value is -2.04. The molecule has 3 N–H and O–H groups in total. The molecule has 0 heterocycles. The molecule has 5 nitrogen and oxygen atoms in total. The SMILES string of the molecule is CN(CC(N)=O)C(=O)NC1CCC(c2ccccc2)CC1. The highest BCUT2D eigenvalue weighted by atomic mass is 16.2. The monoisotopic (exact) mass is 289 g/mol. The van der Waals surface area contributed by atoms with Crippen LogP contribution >= 0.6 is 0 Å². The topological polar surface area (TPSA) is 75.4 Å². The van der Waals surface area contributed by atoms with E-state index in [2.05, 4.69) is 29.6 Å². The van der Waals surface area contributed by atoms with Gasteiger partial charge in [-0.2, -0.15) is 0 Å². The van der Waals surface area contributed by atoms with E-state index in [9.17, 15) is 9.59 Å². The predicted octanol–water partition coefficient (Wildman–Crippen LogP) is 1.84. The Morgan fingerprint density at radius 2 is 1.81 bits per heavy atom. The number of carbonyl (C=O) groups is 2. The van der Waals surface area contributed by atoms with Gasteiger partial charge in [-0.1, -0.05) is 30.3 Å². The number of carbonyl (C=O) groups excluding carboxylic acids is 2. The van der Waals surface area contributed by atoms with Crippen molar-refractivity contribution in [3.63, 3.8) is 0 Å². The molecule has 1 saturated carbocycles. The van der Waals surface area contributed by atoms with Gasteiger partial charge in [0.2, 0.25) is 5.91 Å². The molecule has 0 bridgehead atoms. The third-order valence-corrected chi connectivity index (χ3v) is 4.07. The summed E-state index contributed by atoms with van der Waals surface area (Å²) in [5.41, 5.74) is 6.47. The number of amides is 3. The van der Waals surface area contributed by atoms with Crippen LogP contribution in [-0.4, -0.2) is 36.5 Å². The number of likely N-dealkylation sites (N-methyl/N-ethyl adjacent to an activating group) is 1. The van der Waals surface area contributed by atoms with E-state index in [1.165, 1.54) is 10.5 Å². The van der Waals surface area contributed by atoms with Gasteiger partial charge in [-0.15, -0.1) is 0 Å². The molecule has 0 aromatic heterocycles. The first kappa shape index (κ1) is 15.4. The molecule has 0 spiro atoms. The van der Waals surface area contributed by atoms with Crippen LogP contribution in [-0.2, 0) is 4.79 Å². The number of nitrogens with two attached hydrogens (primary N) is 1. The second-order valence-corrected chi connectivity index (χ2v) is 5.73. The van der Waals surface area contributed by atoms with Crippen LogP contribution in [0.3, 0.4) is 0 Å². The zero-order valence-electron chi connectivity index (χ0n) is 12.4. The van der Waals surface area contributed by atoms with Gasteiger partial charge in [-0.25, -0.2) is 4.79 Å². The van der Waals surface area contributed by atoms with Gasteiger partial charge >= 0.3 is 6.03 Å². The van der Waals surface area contributed by atoms with E-state index in [1.807, 2.05) is 6.07 Å². The van der Waals surface area contributed by atoms with Crippen molar-refractivity contribution in [2.45, 2.75) is 37.6 Å². The maximum Gasteiger partial charge on any atom is 0.317 e. The van der Waals surface area contributed by atoms with Crippen LogP contribution in [0.2, 0.25) is 0 Å². The Balaban J connectivity index is 1.79. The summed E-state index contributed by atoms with van der Waals surface area (Å²) in [6, 6.07) is 10.5. The molecule has 1 fully saturated rings. The van der Waals surface area contributed by atoms with Crippen LogP contribution in [0, 0.1) is 0 Å². The lowest BCUT2D eigenvalue weighted by atomic mass is 9.82. The molecule has 5 heteroatoms. The highest BCUT2D eigenvalue weighted by Crippen LogP contribution is 2.32. The zero-order chi connectivity index (χ0) is 15.2. The van der Waals surface area contributed by atoms with Gasteiger partial charge in [0.25, 0.3) is 0 Å². The summed E-state index contributed by atoms with van der Waals surface area (Å²) in [6.45, 7) is -0.0504. The highest BCUT2D eigenvalue weighted by Gasteiger charge is 2.24. The van der Waals surface area contributed by atoms with Crippen molar-refractivity contribution in [1.82, 2.24) is 10.2 Å². The second kappa shape index (κ2) is 7.11. The highest BCUT2D eigenvalue weighted by molar-refractivity contribution is 5.82. The van der Waals surface area contributed by atoms with Gasteiger partial charge in [0.1, 0.15) is 6.54 Å². The smallest absolute Gasteiger partial charge is 0.317 e. The molecule has 3 amide bonds. The van der Waals surface area contributed by atoms with Crippen LogP contribution in [0.15, 0.2) is 30.3 Å². The van der Waals surface area contributed by atoms with Crippen molar-refractivity contribution in [2.75, 3.05) is 13.6 Å². The number of urea groups is 1. The van der Waals surface area contributed by atoms with Gasteiger partial charge in [0.15, 0.2) is 0 Å². The Morgan fingerprint density at radius 3 is 2.38 bits per heavy atom. The fourth-order valence-electron chi connectivity index (χ4n) is 2.89. The van der Waals surface area contributed by atoms with E-state index >= 15 is 0 Å². The summed E-state index contributed by atoms with van der Waals surface area (Å²) < 4.78 is 0. The molecule has 1 aliphatic carbocycles. The van der Waals surface area contributed by atoms with Crippen molar-refractivity contribution >= 4 is 11.9 Å². The van der Waals surface area contributed by atoms with Crippen molar-refractivity contribution in [2.24, 2.45) is 5.73 Å². The van der Waals surface area contributed by atoms with Crippen LogP contribution in [0.4, 0.5) is 4.79 Å². The van der Waals surface area contributed by atoms with E-state index in [0.29, 0.717) is 5.92 Å². The molecule has 1 aromatic rings. The fraction of sp³-hybridized carbons (Fsp3) is 0.500. The Labute approximate surface area is 125 Å². The van der Waals surface area contributed by atoms with E-state index < -0.39 is 5.91 Å². The minimum atomic E-state index is -0.500. The molecule has 1 aliphatic rings. The lowest BCUT2D eigenvalue weighted by molar-refractivity contribution is -0.118. The number of hydrogen-bond acceptors (Lipinski definition) is 2. The number of hydrogen-bond donors (Lipinski definition) is 2. The molecule has 0 radical (unpaired) electrons. The molecule has 1 aromatic carbocycles. The molecule has 0 saturated heterocycles. The number of benzene rings is 1. The Bertz CT molecular complexity index is 482. The van der Waals surface area contributed by atoms with Gasteiger partial charge in [-0.05, 0) is 37.2 Å². The molecular formula is C16H23N3O2. The predicted molar refractivity (Wildman–Crippen MR) is 81.8 cm³/mol. The van der Waals surface area contributed by atoms with E-state index in [4.69, 9.17) is 5.73 Å². The lowest BCUT2D eigenvalue weighted by Gasteiger charge is -2.30. The molecular weight excluding hydrogens is 266 g/mol. The molecule has 21 heavy (non-hydrogen) atoms. The molecule has 114 valence electrons. The third-order valence-electron chi connectivity index (χ3n) is 4.07. The zero-order valence-corrected chi connectivity index (χ0v) is 12.4. The quantitative estimate of drug-likeness (QED) is 0.887. The largest absolute Gasteiger partial charge is 0.368 e. The molecule has 0 unspecified atom stereocenters. The Morgan fingerprint density at radius 1 is 1.19 bits per heavy atom. The van der Waals surface area contributed by atoms with E-state index in [1.54, 1.807) is 7.05 Å². The summed E-state index contributed by atoms with van der Waals surface area (Å²) in [5.74, 6) is 0.0862. The standard InChI is InChI=1S/C16H23N3O2/c1-19(11-15(17)20)16(21)18-14-9-7-13(8-10-14)12-5-3-2-4-6-12/h2-6,13-14H,7-11H2,1H3,(H2,17,20)(H,18,21). The first-order valence-corrected chi connectivity index (χ1v) is 7.41. The summed E-state index contributed by atoms with van der Waals surface area (Å²) in [7, 11) is 1.58. The van der Waals surface area contributed by atoms with Gasteiger partial charge in [0, 0.05) is 13.1 Å². The second-order valence-electron chi connectivity index (χ2n) is 5.73. The summed E-state index contributed by atoms with van der Waals surface area (Å²) in [6.07, 6.45) is 4.09. The first-order valence-electron chi connectivity index (χ1n) is 7.41. The number of nitrogens with zero attached hydrogens (tertiary/aromatic N) is 1. The first-order chi connectivity index (χ1) is 10.1. The summed E-state index contributed by atoms with van der Waals surface area (Å²) in [4.78, 5) is 24.0. The van der Waals surface area contributed by atoms with Crippen LogP contribution in [0.5, 0.6) is 0 Å². The number of primary amides is 1. The van der Waals surface area contributed by atoms with Gasteiger partial charge in [0.05, 0.1) is 0 Å². The normalized spacial score (nSPS) is 21.6. The maximum atomic E-state index is 11.9. The van der Waals surface area contributed by atoms with Gasteiger partial charge < -0.3 is 16.0 Å². The minimum Gasteiger partial charge on any atom is -0.368 e. The number of rotatable bonds is 4. The molecule has 0 aliphatic heterocycles. The Kier molecular flexibility index (Phi) is 5.20. The van der Waals surface area contributed by atoms with Crippen LogP contribution < -0.4 is 11.1 Å².